The predicted octanol–water partition coefficient (Wildman–Crippen LogP) is 2.22. The largest absolute Gasteiger partial charge is 0.342 e. The molecule has 4 fully saturated rings. The van der Waals surface area contributed by atoms with Crippen LogP contribution >= 0.6 is 0 Å². The van der Waals surface area contributed by atoms with Gasteiger partial charge in [0.05, 0.1) is 0 Å². The maximum atomic E-state index is 12.9. The molecule has 4 aliphatic rings. The maximum Gasteiger partial charge on any atom is 0.246 e. The normalized spacial score (nSPS) is 40.1. The van der Waals surface area contributed by atoms with E-state index < -0.39 is 0 Å². The van der Waals surface area contributed by atoms with Crippen LogP contribution in [0.3, 0.4) is 0 Å². The third-order valence-corrected chi connectivity index (χ3v) is 6.30. The van der Waals surface area contributed by atoms with Crippen molar-refractivity contribution in [2.75, 3.05) is 0 Å². The van der Waals surface area contributed by atoms with E-state index in [9.17, 15) is 9.59 Å². The molecule has 4 heteroatoms. The Hall–Kier alpha value is -1.06. The van der Waals surface area contributed by atoms with E-state index in [0.717, 1.165) is 19.3 Å². The molecule has 0 aromatic rings. The van der Waals surface area contributed by atoms with Crippen LogP contribution in [0.15, 0.2) is 0 Å². The van der Waals surface area contributed by atoms with Gasteiger partial charge in [0.25, 0.3) is 0 Å². The molecule has 4 atom stereocenters. The number of carbonyl (C=O) groups is 2. The van der Waals surface area contributed by atoms with Crippen molar-refractivity contribution in [3.05, 3.63) is 0 Å². The lowest BCUT2D eigenvalue weighted by Gasteiger charge is -2.39. The number of piperazine rings is 1. The van der Waals surface area contributed by atoms with Crippen LogP contribution < -0.4 is 5.32 Å². The molecule has 4 rings (SSSR count). The average Bonchev–Trinajstić information content (AvgIpc) is 3.06. The fourth-order valence-electron chi connectivity index (χ4n) is 5.27. The lowest BCUT2D eigenvalue weighted by Crippen LogP contribution is -2.63. The number of amides is 2. The monoisotopic (exact) mass is 290 g/mol. The summed E-state index contributed by atoms with van der Waals surface area (Å²) in [6.07, 6.45) is 11.7. The first-order chi connectivity index (χ1) is 10.2. The number of rotatable bonds is 2. The number of nitrogens with zero attached hydrogens (tertiary/aromatic N) is 1. The van der Waals surface area contributed by atoms with Gasteiger partial charge < -0.3 is 10.2 Å². The predicted molar refractivity (Wildman–Crippen MR) is 79.5 cm³/mol. The number of hydrogen-bond donors (Lipinski definition) is 1. The third-order valence-electron chi connectivity index (χ3n) is 6.30. The minimum Gasteiger partial charge on any atom is -0.342 e. The van der Waals surface area contributed by atoms with Gasteiger partial charge in [0.1, 0.15) is 12.1 Å². The molecule has 2 heterocycles. The van der Waals surface area contributed by atoms with Crippen LogP contribution in [0.5, 0.6) is 0 Å². The van der Waals surface area contributed by atoms with E-state index in [2.05, 4.69) is 5.32 Å². The first-order valence-electron chi connectivity index (χ1n) is 8.86. The highest BCUT2D eigenvalue weighted by Crippen LogP contribution is 2.43. The van der Waals surface area contributed by atoms with Gasteiger partial charge in [-0.1, -0.05) is 38.5 Å². The van der Waals surface area contributed by atoms with E-state index in [4.69, 9.17) is 0 Å². The second-order valence-electron chi connectivity index (χ2n) is 7.56. The molecule has 2 saturated carbocycles. The standard InChI is InChI=1S/C17H26N2O2/c20-16-15-10-12-7-4-8-14(12)19(15)17(21)13(18-16)9-11-5-2-1-3-6-11/h11-15H,1-10H2,(H,18,20)/t12-,13-,14?,15-/m0/s1. The van der Waals surface area contributed by atoms with E-state index in [1.54, 1.807) is 0 Å². The van der Waals surface area contributed by atoms with Crippen LogP contribution in [-0.4, -0.2) is 34.8 Å². The second-order valence-corrected chi connectivity index (χ2v) is 7.56. The molecular weight excluding hydrogens is 264 g/mol. The number of fused-ring (bicyclic) bond motifs is 3. The maximum absolute atomic E-state index is 12.9. The summed E-state index contributed by atoms with van der Waals surface area (Å²) < 4.78 is 0. The highest BCUT2D eigenvalue weighted by molar-refractivity contribution is 5.97. The lowest BCUT2D eigenvalue weighted by atomic mass is 9.84. The Morgan fingerprint density at radius 3 is 2.62 bits per heavy atom. The van der Waals surface area contributed by atoms with Crippen LogP contribution in [0.1, 0.15) is 64.2 Å². The molecule has 0 aromatic carbocycles. The van der Waals surface area contributed by atoms with Gasteiger partial charge in [0.15, 0.2) is 0 Å². The Bertz CT molecular complexity index is 444. The van der Waals surface area contributed by atoms with E-state index in [1.807, 2.05) is 4.90 Å². The zero-order valence-corrected chi connectivity index (χ0v) is 12.7. The summed E-state index contributed by atoms with van der Waals surface area (Å²) >= 11 is 0. The van der Waals surface area contributed by atoms with Gasteiger partial charge in [0, 0.05) is 6.04 Å². The van der Waals surface area contributed by atoms with E-state index in [1.165, 1.54) is 44.9 Å². The van der Waals surface area contributed by atoms with Gasteiger partial charge in [-0.2, -0.15) is 0 Å². The highest BCUT2D eigenvalue weighted by atomic mass is 16.2. The summed E-state index contributed by atoms with van der Waals surface area (Å²) in [7, 11) is 0. The molecule has 116 valence electrons. The summed E-state index contributed by atoms with van der Waals surface area (Å²) in [6, 6.07) is -0.0333. The van der Waals surface area contributed by atoms with Crippen LogP contribution in [0.25, 0.3) is 0 Å². The number of hydrogen-bond acceptors (Lipinski definition) is 2. The summed E-state index contributed by atoms with van der Waals surface area (Å²) in [4.78, 5) is 27.3. The second kappa shape index (κ2) is 5.29. The molecule has 1 unspecified atom stereocenters. The van der Waals surface area contributed by atoms with Crippen molar-refractivity contribution < 1.29 is 9.59 Å². The van der Waals surface area contributed by atoms with Crippen LogP contribution in [-0.2, 0) is 9.59 Å². The van der Waals surface area contributed by atoms with Crippen molar-refractivity contribution in [3.8, 4) is 0 Å². The summed E-state index contributed by atoms with van der Waals surface area (Å²) in [5, 5.41) is 3.04. The highest BCUT2D eigenvalue weighted by Gasteiger charge is 2.53. The molecule has 0 radical (unpaired) electrons. The zero-order valence-electron chi connectivity index (χ0n) is 12.7. The third kappa shape index (κ3) is 2.27. The number of nitrogens with one attached hydrogen (secondary N) is 1. The van der Waals surface area contributed by atoms with Gasteiger partial charge >= 0.3 is 0 Å². The van der Waals surface area contributed by atoms with Crippen molar-refractivity contribution in [2.45, 2.75) is 82.3 Å². The molecule has 1 N–H and O–H groups in total. The van der Waals surface area contributed by atoms with E-state index in [-0.39, 0.29) is 23.9 Å². The summed E-state index contributed by atoms with van der Waals surface area (Å²) in [6.45, 7) is 0. The number of carbonyl (C=O) groups excluding carboxylic acids is 2. The molecule has 2 aliphatic heterocycles. The fraction of sp³-hybridized carbons (Fsp3) is 0.882. The molecule has 21 heavy (non-hydrogen) atoms. The van der Waals surface area contributed by atoms with Crippen molar-refractivity contribution in [2.24, 2.45) is 11.8 Å². The zero-order chi connectivity index (χ0) is 14.4. The van der Waals surface area contributed by atoms with Crippen LogP contribution in [0.2, 0.25) is 0 Å². The van der Waals surface area contributed by atoms with Gasteiger partial charge in [-0.05, 0) is 37.5 Å². The van der Waals surface area contributed by atoms with Crippen molar-refractivity contribution in [1.82, 2.24) is 10.2 Å². The molecule has 2 aliphatic carbocycles. The summed E-state index contributed by atoms with van der Waals surface area (Å²) in [5.41, 5.74) is 0. The van der Waals surface area contributed by atoms with E-state index in [0.29, 0.717) is 17.9 Å². The molecule has 2 saturated heterocycles. The van der Waals surface area contributed by atoms with Crippen molar-refractivity contribution in [3.63, 3.8) is 0 Å². The Balaban J connectivity index is 1.49. The smallest absolute Gasteiger partial charge is 0.246 e. The fourth-order valence-corrected chi connectivity index (χ4v) is 5.27. The first-order valence-corrected chi connectivity index (χ1v) is 8.86. The quantitative estimate of drug-likeness (QED) is 0.848. The van der Waals surface area contributed by atoms with Crippen molar-refractivity contribution in [1.29, 1.82) is 0 Å². The van der Waals surface area contributed by atoms with Gasteiger partial charge in [-0.15, -0.1) is 0 Å². The van der Waals surface area contributed by atoms with Crippen LogP contribution in [0, 0.1) is 11.8 Å². The van der Waals surface area contributed by atoms with Gasteiger partial charge in [0.2, 0.25) is 11.8 Å². The van der Waals surface area contributed by atoms with Gasteiger partial charge in [-0.3, -0.25) is 9.59 Å². The van der Waals surface area contributed by atoms with Crippen LogP contribution in [0.4, 0.5) is 0 Å². The Morgan fingerprint density at radius 1 is 1.00 bits per heavy atom. The molecule has 0 spiro atoms. The average molecular weight is 290 g/mol. The Labute approximate surface area is 126 Å². The minimum absolute atomic E-state index is 0.116. The molecule has 0 bridgehead atoms. The molecule has 2 amide bonds. The molecular formula is C17H26N2O2. The molecule has 0 aromatic heterocycles. The SMILES string of the molecule is O=C1N[C@@H](CC2CCCCC2)C(=O)N2C3CCC[C@H]3C[C@@H]12. The first kappa shape index (κ1) is 13.6. The Morgan fingerprint density at radius 2 is 1.81 bits per heavy atom. The van der Waals surface area contributed by atoms with E-state index >= 15 is 0 Å². The van der Waals surface area contributed by atoms with Crippen molar-refractivity contribution >= 4 is 11.8 Å². The topological polar surface area (TPSA) is 49.4 Å². The lowest BCUT2D eigenvalue weighted by molar-refractivity contribution is -0.149. The molecule has 4 nitrogen and oxygen atoms in total. The minimum atomic E-state index is -0.240. The Kier molecular flexibility index (Phi) is 3.43. The van der Waals surface area contributed by atoms with Gasteiger partial charge in [-0.25, -0.2) is 0 Å². The summed E-state index contributed by atoms with van der Waals surface area (Å²) in [5.74, 6) is 1.55.